The van der Waals surface area contributed by atoms with Gasteiger partial charge >= 0.3 is 0 Å². The van der Waals surface area contributed by atoms with Gasteiger partial charge in [0, 0.05) is 29.8 Å². The summed E-state index contributed by atoms with van der Waals surface area (Å²) in [6, 6.07) is 19.2. The van der Waals surface area contributed by atoms with Gasteiger partial charge in [0.15, 0.2) is 11.4 Å². The van der Waals surface area contributed by atoms with Crippen LogP contribution in [0.2, 0.25) is 0 Å². The van der Waals surface area contributed by atoms with Gasteiger partial charge in [-0.3, -0.25) is 9.59 Å². The normalized spacial score (nSPS) is 13.3. The van der Waals surface area contributed by atoms with E-state index in [0.717, 1.165) is 36.1 Å². The minimum absolute atomic E-state index is 0.0968. The van der Waals surface area contributed by atoms with Crippen LogP contribution in [0.3, 0.4) is 0 Å². The van der Waals surface area contributed by atoms with Crippen LogP contribution in [0.5, 0.6) is 0 Å². The van der Waals surface area contributed by atoms with Gasteiger partial charge in [0.2, 0.25) is 5.91 Å². The van der Waals surface area contributed by atoms with Crippen molar-refractivity contribution in [3.8, 4) is 11.3 Å². The molecule has 1 fully saturated rings. The summed E-state index contributed by atoms with van der Waals surface area (Å²) in [5.74, 6) is 0.295. The molecule has 4 aromatic rings. The lowest BCUT2D eigenvalue weighted by Gasteiger charge is -2.08. The smallest absolute Gasteiger partial charge is 0.223 e. The number of nitrogens with one attached hydrogen (secondary N) is 1. The van der Waals surface area contributed by atoms with E-state index >= 15 is 0 Å². The summed E-state index contributed by atoms with van der Waals surface area (Å²) in [6.07, 6.45) is 6.07. The molecule has 0 spiro atoms. The Morgan fingerprint density at radius 2 is 1.87 bits per heavy atom. The first-order valence-electron chi connectivity index (χ1n) is 10.5. The molecule has 1 aliphatic carbocycles. The van der Waals surface area contributed by atoms with Gasteiger partial charge in [-0.15, -0.1) is 0 Å². The zero-order chi connectivity index (χ0) is 21.2. The Morgan fingerprint density at radius 3 is 2.68 bits per heavy atom. The third kappa shape index (κ3) is 3.97. The summed E-state index contributed by atoms with van der Waals surface area (Å²) in [7, 11) is 0. The lowest BCUT2D eigenvalue weighted by atomic mass is 10.0. The molecule has 2 aromatic heterocycles. The standard InChI is InChI=1S/C25H22N4O2/c30-23(18-6-2-1-3-7-18)21-16-28-29-22(12-14-26-24(21)29)20-8-4-5-17(15-20)11-13-27-25(31)19-9-10-19/h1-8,12,14-16,19H,9-11,13H2,(H,27,31). The quantitative estimate of drug-likeness (QED) is 0.472. The van der Waals surface area contributed by atoms with Gasteiger partial charge in [0.1, 0.15) is 0 Å². The lowest BCUT2D eigenvalue weighted by molar-refractivity contribution is -0.122. The number of carbonyl (C=O) groups excluding carboxylic acids is 2. The first-order valence-corrected chi connectivity index (χ1v) is 10.5. The second-order valence-corrected chi connectivity index (χ2v) is 7.83. The summed E-state index contributed by atoms with van der Waals surface area (Å²) >= 11 is 0. The monoisotopic (exact) mass is 410 g/mol. The van der Waals surface area contributed by atoms with Gasteiger partial charge in [0.25, 0.3) is 0 Å². The van der Waals surface area contributed by atoms with E-state index in [2.05, 4.69) is 27.5 Å². The van der Waals surface area contributed by atoms with Crippen LogP contribution < -0.4 is 5.32 Å². The molecule has 154 valence electrons. The highest BCUT2D eigenvalue weighted by atomic mass is 16.2. The highest BCUT2D eigenvalue weighted by Gasteiger charge is 2.29. The van der Waals surface area contributed by atoms with Crippen molar-refractivity contribution in [2.45, 2.75) is 19.3 Å². The lowest BCUT2D eigenvalue weighted by Crippen LogP contribution is -2.26. The number of benzene rings is 2. The molecule has 2 aromatic carbocycles. The fraction of sp³-hybridized carbons (Fsp3) is 0.200. The van der Waals surface area contributed by atoms with Gasteiger partial charge in [-0.05, 0) is 37.0 Å². The molecule has 0 atom stereocenters. The molecule has 0 radical (unpaired) electrons. The Bertz CT molecular complexity index is 1260. The summed E-state index contributed by atoms with van der Waals surface area (Å²) in [6.45, 7) is 0.627. The Kier molecular flexibility index (Phi) is 5.04. The van der Waals surface area contributed by atoms with Crippen LogP contribution in [0.25, 0.3) is 16.9 Å². The molecule has 0 saturated heterocycles. The van der Waals surface area contributed by atoms with Gasteiger partial charge in [-0.1, -0.05) is 48.5 Å². The molecular formula is C25H22N4O2. The summed E-state index contributed by atoms with van der Waals surface area (Å²) in [5.41, 5.74) is 4.60. The molecule has 6 heteroatoms. The third-order valence-electron chi connectivity index (χ3n) is 5.57. The van der Waals surface area contributed by atoms with Crippen LogP contribution in [0.15, 0.2) is 73.1 Å². The average Bonchev–Trinajstić information content (AvgIpc) is 3.58. The van der Waals surface area contributed by atoms with E-state index < -0.39 is 0 Å². The average molecular weight is 410 g/mol. The summed E-state index contributed by atoms with van der Waals surface area (Å²) < 4.78 is 1.71. The van der Waals surface area contributed by atoms with Gasteiger partial charge in [0.05, 0.1) is 17.5 Å². The summed E-state index contributed by atoms with van der Waals surface area (Å²) in [4.78, 5) is 29.2. The largest absolute Gasteiger partial charge is 0.356 e. The van der Waals surface area contributed by atoms with E-state index in [1.165, 1.54) is 0 Å². The van der Waals surface area contributed by atoms with Crippen molar-refractivity contribution in [1.29, 1.82) is 0 Å². The van der Waals surface area contributed by atoms with Crippen molar-refractivity contribution >= 4 is 17.3 Å². The maximum atomic E-state index is 12.9. The van der Waals surface area contributed by atoms with Crippen LogP contribution in [-0.2, 0) is 11.2 Å². The first-order chi connectivity index (χ1) is 15.2. The number of hydrogen-bond donors (Lipinski definition) is 1. The minimum atomic E-state index is -0.0968. The molecular weight excluding hydrogens is 388 g/mol. The zero-order valence-electron chi connectivity index (χ0n) is 17.0. The second-order valence-electron chi connectivity index (χ2n) is 7.83. The number of rotatable bonds is 7. The van der Waals surface area contributed by atoms with E-state index in [1.807, 2.05) is 36.4 Å². The maximum absolute atomic E-state index is 12.9. The molecule has 1 amide bonds. The van der Waals surface area contributed by atoms with Crippen LogP contribution in [0.4, 0.5) is 0 Å². The van der Waals surface area contributed by atoms with Crippen LogP contribution >= 0.6 is 0 Å². The fourth-order valence-corrected chi connectivity index (χ4v) is 3.72. The highest BCUT2D eigenvalue weighted by Crippen LogP contribution is 2.28. The molecule has 31 heavy (non-hydrogen) atoms. The van der Waals surface area contributed by atoms with E-state index in [4.69, 9.17) is 0 Å². The Morgan fingerprint density at radius 1 is 1.03 bits per heavy atom. The number of nitrogens with zero attached hydrogens (tertiary/aromatic N) is 3. The minimum Gasteiger partial charge on any atom is -0.356 e. The molecule has 0 bridgehead atoms. The molecule has 5 rings (SSSR count). The van der Waals surface area contributed by atoms with Crippen molar-refractivity contribution in [3.63, 3.8) is 0 Å². The molecule has 6 nitrogen and oxygen atoms in total. The van der Waals surface area contributed by atoms with E-state index in [1.54, 1.807) is 29.0 Å². The van der Waals surface area contributed by atoms with Gasteiger partial charge in [-0.2, -0.15) is 5.10 Å². The third-order valence-corrected chi connectivity index (χ3v) is 5.57. The van der Waals surface area contributed by atoms with Crippen LogP contribution in [0.1, 0.15) is 34.3 Å². The Hall–Kier alpha value is -3.80. The summed E-state index contributed by atoms with van der Waals surface area (Å²) in [5, 5.41) is 7.47. The van der Waals surface area contributed by atoms with Crippen molar-refractivity contribution in [2.24, 2.45) is 5.92 Å². The fourth-order valence-electron chi connectivity index (χ4n) is 3.72. The van der Waals surface area contributed by atoms with Crippen molar-refractivity contribution in [1.82, 2.24) is 19.9 Å². The Labute approximate surface area is 179 Å². The number of amides is 1. The van der Waals surface area contributed by atoms with Crippen LogP contribution in [0, 0.1) is 5.92 Å². The number of ketones is 1. The van der Waals surface area contributed by atoms with Crippen molar-refractivity contribution < 1.29 is 9.59 Å². The number of hydrogen-bond acceptors (Lipinski definition) is 4. The molecule has 0 unspecified atom stereocenters. The topological polar surface area (TPSA) is 76.4 Å². The van der Waals surface area contributed by atoms with Gasteiger partial charge < -0.3 is 5.32 Å². The molecule has 2 heterocycles. The highest BCUT2D eigenvalue weighted by molar-refractivity contribution is 6.12. The van der Waals surface area contributed by atoms with Crippen molar-refractivity contribution in [3.05, 3.63) is 89.7 Å². The molecule has 0 aliphatic heterocycles. The SMILES string of the molecule is O=C(c1ccccc1)c1cnn2c(-c3cccc(CCNC(=O)C4CC4)c3)ccnc12. The van der Waals surface area contributed by atoms with Crippen LogP contribution in [-0.4, -0.2) is 32.8 Å². The van der Waals surface area contributed by atoms with Gasteiger partial charge in [-0.25, -0.2) is 9.50 Å². The first kappa shape index (κ1) is 19.2. The second kappa shape index (κ2) is 8.14. The molecule has 1 N–H and O–H groups in total. The van der Waals surface area contributed by atoms with E-state index in [9.17, 15) is 9.59 Å². The predicted molar refractivity (Wildman–Crippen MR) is 118 cm³/mol. The zero-order valence-corrected chi connectivity index (χ0v) is 17.0. The number of carbonyl (C=O) groups is 2. The van der Waals surface area contributed by atoms with E-state index in [0.29, 0.717) is 23.3 Å². The van der Waals surface area contributed by atoms with Crippen molar-refractivity contribution in [2.75, 3.05) is 6.54 Å². The number of aromatic nitrogens is 3. The maximum Gasteiger partial charge on any atom is 0.223 e. The molecule has 1 saturated carbocycles. The Balaban J connectivity index is 1.41. The predicted octanol–water partition coefficient (Wildman–Crippen LogP) is 3.70. The number of fused-ring (bicyclic) bond motifs is 1. The molecule has 1 aliphatic rings. The van der Waals surface area contributed by atoms with E-state index in [-0.39, 0.29) is 17.6 Å².